The fourth-order valence-corrected chi connectivity index (χ4v) is 2.17. The van der Waals surface area contributed by atoms with E-state index in [4.69, 9.17) is 4.74 Å². The quantitative estimate of drug-likeness (QED) is 0.627. The molecule has 0 N–H and O–H groups in total. The van der Waals surface area contributed by atoms with Crippen LogP contribution < -0.4 is 0 Å². The topological polar surface area (TPSA) is 57.0 Å². The number of pyridine rings is 1. The van der Waals surface area contributed by atoms with Crippen molar-refractivity contribution in [2.24, 2.45) is 0 Å². The highest BCUT2D eigenvalue weighted by Crippen LogP contribution is 2.35. The molecule has 1 saturated carbocycles. The summed E-state index contributed by atoms with van der Waals surface area (Å²) in [6.07, 6.45) is 12.9. The Morgan fingerprint density at radius 1 is 1.45 bits per heavy atom. The van der Waals surface area contributed by atoms with Gasteiger partial charge in [0, 0.05) is 35.8 Å². The van der Waals surface area contributed by atoms with Gasteiger partial charge in [-0.3, -0.25) is 9.67 Å². The van der Waals surface area contributed by atoms with Crippen LogP contribution in [-0.2, 0) is 9.53 Å². The molecule has 0 aliphatic heterocycles. The van der Waals surface area contributed by atoms with Crippen molar-refractivity contribution in [3.63, 3.8) is 0 Å². The van der Waals surface area contributed by atoms with Crippen LogP contribution in [0.4, 0.5) is 0 Å². The predicted molar refractivity (Wildman–Crippen MR) is 86.6 cm³/mol. The Balaban J connectivity index is 0.00000176. The Kier molecular flexibility index (Phi) is 5.33. The minimum absolute atomic E-state index is 0. The maximum atomic E-state index is 11.4. The van der Waals surface area contributed by atoms with Gasteiger partial charge in [-0.1, -0.05) is 0 Å². The van der Waals surface area contributed by atoms with E-state index >= 15 is 0 Å². The summed E-state index contributed by atoms with van der Waals surface area (Å²) in [5, 5.41) is 4.40. The molecule has 0 atom stereocenters. The maximum absolute atomic E-state index is 11.4. The molecular formula is C16H18ClN3O2. The summed E-state index contributed by atoms with van der Waals surface area (Å²) in [6, 6.07) is 2.48. The van der Waals surface area contributed by atoms with Crippen molar-refractivity contribution in [1.82, 2.24) is 14.8 Å². The van der Waals surface area contributed by atoms with Crippen LogP contribution in [0.15, 0.2) is 36.9 Å². The summed E-state index contributed by atoms with van der Waals surface area (Å²) in [5.41, 5.74) is 2.92. The second-order valence-electron chi connectivity index (χ2n) is 4.99. The summed E-state index contributed by atoms with van der Waals surface area (Å²) in [6.45, 7) is 2.16. The van der Waals surface area contributed by atoms with E-state index in [0.717, 1.165) is 16.7 Å². The predicted octanol–water partition coefficient (Wildman–Crippen LogP) is 3.28. The van der Waals surface area contributed by atoms with Gasteiger partial charge in [-0.15, -0.1) is 12.4 Å². The zero-order valence-electron chi connectivity index (χ0n) is 12.3. The van der Waals surface area contributed by atoms with Crippen molar-refractivity contribution in [3.8, 4) is 11.1 Å². The third-order valence-corrected chi connectivity index (χ3v) is 3.37. The molecule has 5 nitrogen and oxygen atoms in total. The van der Waals surface area contributed by atoms with Crippen molar-refractivity contribution in [2.45, 2.75) is 25.8 Å². The van der Waals surface area contributed by atoms with Crippen molar-refractivity contribution >= 4 is 24.5 Å². The molecule has 1 fully saturated rings. The maximum Gasteiger partial charge on any atom is 0.330 e. The van der Waals surface area contributed by atoms with Crippen LogP contribution in [-0.4, -0.2) is 27.3 Å². The highest BCUT2D eigenvalue weighted by molar-refractivity contribution is 5.89. The first kappa shape index (κ1) is 16.2. The van der Waals surface area contributed by atoms with Crippen molar-refractivity contribution < 1.29 is 9.53 Å². The summed E-state index contributed by atoms with van der Waals surface area (Å²) in [5.74, 6) is -0.346. The van der Waals surface area contributed by atoms with Crippen LogP contribution in [0.1, 0.15) is 31.4 Å². The van der Waals surface area contributed by atoms with Crippen molar-refractivity contribution in [2.75, 3.05) is 6.61 Å². The number of nitrogens with zero attached hydrogens (tertiary/aromatic N) is 3. The van der Waals surface area contributed by atoms with E-state index in [1.807, 2.05) is 16.9 Å². The number of hydrogen-bond acceptors (Lipinski definition) is 4. The third-order valence-electron chi connectivity index (χ3n) is 3.37. The molecule has 3 rings (SSSR count). The fourth-order valence-electron chi connectivity index (χ4n) is 2.17. The number of carbonyl (C=O) groups excluding carboxylic acids is 1. The number of esters is 1. The lowest BCUT2D eigenvalue weighted by atomic mass is 10.1. The highest BCUT2D eigenvalue weighted by Gasteiger charge is 2.24. The van der Waals surface area contributed by atoms with Gasteiger partial charge in [-0.05, 0) is 37.5 Å². The number of carbonyl (C=O) groups is 1. The smallest absolute Gasteiger partial charge is 0.330 e. The van der Waals surface area contributed by atoms with E-state index in [1.165, 1.54) is 18.9 Å². The Hall–Kier alpha value is -2.14. The van der Waals surface area contributed by atoms with E-state index in [-0.39, 0.29) is 18.4 Å². The van der Waals surface area contributed by atoms with Crippen LogP contribution in [0.3, 0.4) is 0 Å². The van der Waals surface area contributed by atoms with E-state index < -0.39 is 0 Å². The van der Waals surface area contributed by atoms with E-state index in [1.54, 1.807) is 25.4 Å². The SMILES string of the molecule is CCOC(=O)/C=C/c1cnccc1-c1cnn(C2CC2)c1.Cl. The first-order valence-electron chi connectivity index (χ1n) is 7.11. The normalized spacial score (nSPS) is 13.9. The summed E-state index contributed by atoms with van der Waals surface area (Å²) in [7, 11) is 0. The first-order chi connectivity index (χ1) is 10.3. The lowest BCUT2D eigenvalue weighted by Gasteiger charge is -2.02. The molecule has 0 saturated heterocycles. The average Bonchev–Trinajstić information content (AvgIpc) is 3.24. The van der Waals surface area contributed by atoms with Gasteiger partial charge in [0.15, 0.2) is 0 Å². The molecule has 2 heterocycles. The lowest BCUT2D eigenvalue weighted by molar-refractivity contribution is -0.137. The summed E-state index contributed by atoms with van der Waals surface area (Å²) < 4.78 is 6.90. The Morgan fingerprint density at radius 2 is 2.27 bits per heavy atom. The standard InChI is InChI=1S/C16H17N3O2.ClH/c1-2-21-16(20)6-3-12-9-17-8-7-15(12)13-10-18-19(11-13)14-4-5-14;/h3,6-11,14H,2,4-5H2,1H3;1H/b6-3+;. The fraction of sp³-hybridized carbons (Fsp3) is 0.312. The van der Waals surface area contributed by atoms with Crippen LogP contribution >= 0.6 is 12.4 Å². The summed E-state index contributed by atoms with van der Waals surface area (Å²) in [4.78, 5) is 15.5. The van der Waals surface area contributed by atoms with Gasteiger partial charge in [-0.25, -0.2) is 4.79 Å². The molecular weight excluding hydrogens is 302 g/mol. The van der Waals surface area contributed by atoms with Crippen LogP contribution in [0.5, 0.6) is 0 Å². The summed E-state index contributed by atoms with van der Waals surface area (Å²) >= 11 is 0. The first-order valence-corrected chi connectivity index (χ1v) is 7.11. The molecule has 2 aromatic rings. The molecule has 0 spiro atoms. The number of halogens is 1. The van der Waals surface area contributed by atoms with E-state index in [9.17, 15) is 4.79 Å². The van der Waals surface area contributed by atoms with Crippen molar-refractivity contribution in [3.05, 3.63) is 42.5 Å². The lowest BCUT2D eigenvalue weighted by Crippen LogP contribution is -1.98. The van der Waals surface area contributed by atoms with Gasteiger partial charge < -0.3 is 4.74 Å². The Bertz CT molecular complexity index is 678. The largest absolute Gasteiger partial charge is 0.463 e. The van der Waals surface area contributed by atoms with Crippen LogP contribution in [0, 0.1) is 0 Å². The van der Waals surface area contributed by atoms with Crippen LogP contribution in [0.2, 0.25) is 0 Å². The molecule has 0 aromatic carbocycles. The molecule has 0 unspecified atom stereocenters. The highest BCUT2D eigenvalue weighted by atomic mass is 35.5. The number of aromatic nitrogens is 3. The van der Waals surface area contributed by atoms with Gasteiger partial charge in [0.25, 0.3) is 0 Å². The molecule has 1 aliphatic rings. The Labute approximate surface area is 135 Å². The minimum atomic E-state index is -0.346. The molecule has 116 valence electrons. The molecule has 6 heteroatoms. The molecule has 0 amide bonds. The molecule has 0 bridgehead atoms. The minimum Gasteiger partial charge on any atom is -0.463 e. The number of hydrogen-bond donors (Lipinski definition) is 0. The van der Waals surface area contributed by atoms with Crippen LogP contribution in [0.25, 0.3) is 17.2 Å². The molecule has 0 radical (unpaired) electrons. The zero-order valence-corrected chi connectivity index (χ0v) is 13.1. The monoisotopic (exact) mass is 319 g/mol. The molecule has 2 aromatic heterocycles. The number of rotatable bonds is 5. The second-order valence-corrected chi connectivity index (χ2v) is 4.99. The second kappa shape index (κ2) is 7.22. The van der Waals surface area contributed by atoms with E-state index in [0.29, 0.717) is 12.6 Å². The van der Waals surface area contributed by atoms with Gasteiger partial charge in [-0.2, -0.15) is 5.10 Å². The van der Waals surface area contributed by atoms with Crippen molar-refractivity contribution in [1.29, 1.82) is 0 Å². The van der Waals surface area contributed by atoms with Gasteiger partial charge >= 0.3 is 5.97 Å². The molecule has 22 heavy (non-hydrogen) atoms. The Morgan fingerprint density at radius 3 is 3.00 bits per heavy atom. The number of ether oxygens (including phenoxy) is 1. The van der Waals surface area contributed by atoms with E-state index in [2.05, 4.69) is 16.3 Å². The average molecular weight is 320 g/mol. The van der Waals surface area contributed by atoms with Gasteiger partial charge in [0.2, 0.25) is 0 Å². The van der Waals surface area contributed by atoms with Gasteiger partial charge in [0.05, 0.1) is 18.8 Å². The third kappa shape index (κ3) is 3.74. The molecule has 1 aliphatic carbocycles. The van der Waals surface area contributed by atoms with Gasteiger partial charge in [0.1, 0.15) is 0 Å². The zero-order chi connectivity index (χ0) is 14.7.